The van der Waals surface area contributed by atoms with Crippen LogP contribution in [0.1, 0.15) is 25.3 Å². The number of carbonyl (C=O) groups excluding carboxylic acids is 2. The van der Waals surface area contributed by atoms with E-state index in [4.69, 9.17) is 9.47 Å². The zero-order valence-corrected chi connectivity index (χ0v) is 15.9. The molecule has 0 radical (unpaired) electrons. The van der Waals surface area contributed by atoms with Gasteiger partial charge in [-0.25, -0.2) is 0 Å². The maximum absolute atomic E-state index is 12.1. The Morgan fingerprint density at radius 3 is 2.28 bits per heavy atom. The summed E-state index contributed by atoms with van der Waals surface area (Å²) in [5.41, 5.74) is 1.06. The van der Waals surface area contributed by atoms with Crippen molar-refractivity contribution < 1.29 is 19.1 Å². The molecule has 0 fully saturated rings. The first kappa shape index (κ1) is 19.4. The molecule has 2 aromatic carbocycles. The van der Waals surface area contributed by atoms with E-state index >= 15 is 0 Å². The van der Waals surface area contributed by atoms with Crippen molar-refractivity contribution in [2.45, 2.75) is 32.5 Å². The van der Waals surface area contributed by atoms with Gasteiger partial charge in [-0.2, -0.15) is 0 Å². The Balaban J connectivity index is 1.76. The monoisotopic (exact) mass is 406 g/mol. The Kier molecular flexibility index (Phi) is 8.40. The molecule has 0 heterocycles. The number of rotatable bonds is 10. The van der Waals surface area contributed by atoms with E-state index in [0.717, 1.165) is 10.0 Å². The van der Waals surface area contributed by atoms with Gasteiger partial charge in [-0.1, -0.05) is 0 Å². The Bertz CT molecular complexity index is 658. The number of ether oxygens (including phenoxy) is 2. The Morgan fingerprint density at radius 1 is 1.00 bits per heavy atom. The summed E-state index contributed by atoms with van der Waals surface area (Å²) in [6, 6.07) is 19.5. The third kappa shape index (κ3) is 8.12. The van der Waals surface area contributed by atoms with Crippen molar-refractivity contribution in [3.63, 3.8) is 0 Å². The van der Waals surface area contributed by atoms with Gasteiger partial charge in [0.2, 0.25) is 0 Å². The Hall–Kier alpha value is -1.94. The topological polar surface area (TPSA) is 52.6 Å². The van der Waals surface area contributed by atoms with Crippen LogP contribution in [-0.2, 0) is 25.7 Å². The van der Waals surface area contributed by atoms with Crippen molar-refractivity contribution >= 4 is 30.1 Å². The van der Waals surface area contributed by atoms with E-state index in [1.807, 2.05) is 60.7 Å². The third-order valence-electron chi connectivity index (χ3n) is 3.39. The van der Waals surface area contributed by atoms with E-state index in [9.17, 15) is 9.59 Å². The van der Waals surface area contributed by atoms with Crippen LogP contribution < -0.4 is 4.46 Å². The van der Waals surface area contributed by atoms with Gasteiger partial charge in [0.15, 0.2) is 0 Å². The molecule has 0 unspecified atom stereocenters. The van der Waals surface area contributed by atoms with E-state index < -0.39 is 6.10 Å². The van der Waals surface area contributed by atoms with Gasteiger partial charge in [0.1, 0.15) is 0 Å². The van der Waals surface area contributed by atoms with Gasteiger partial charge < -0.3 is 0 Å². The Labute approximate surface area is 154 Å². The summed E-state index contributed by atoms with van der Waals surface area (Å²) in [7, 11) is 0. The molecule has 0 aliphatic heterocycles. The second kappa shape index (κ2) is 10.8. The molecule has 0 amide bonds. The molecule has 0 spiro atoms. The van der Waals surface area contributed by atoms with Crippen molar-refractivity contribution in [2.24, 2.45) is 0 Å². The van der Waals surface area contributed by atoms with E-state index in [1.54, 1.807) is 0 Å². The van der Waals surface area contributed by atoms with Crippen LogP contribution >= 0.6 is 0 Å². The minimum atomic E-state index is -0.392. The molecule has 2 aromatic rings. The summed E-state index contributed by atoms with van der Waals surface area (Å²) in [6.45, 7) is 2.13. The van der Waals surface area contributed by atoms with Crippen molar-refractivity contribution in [3.05, 3.63) is 66.2 Å². The SMILES string of the molecule is CC(=O)O[C@@H](CCC(=O)[Se]c1ccccc1)COCc1ccccc1. The Morgan fingerprint density at radius 2 is 1.64 bits per heavy atom. The summed E-state index contributed by atoms with van der Waals surface area (Å²) in [5.74, 6) is -0.352. The molecule has 0 bridgehead atoms. The number of esters is 1. The molecule has 0 N–H and O–H groups in total. The van der Waals surface area contributed by atoms with Crippen molar-refractivity contribution in [2.75, 3.05) is 6.61 Å². The molecule has 0 saturated heterocycles. The van der Waals surface area contributed by atoms with Crippen LogP contribution in [0.2, 0.25) is 0 Å². The summed E-state index contributed by atoms with van der Waals surface area (Å²) in [5, 5.41) is 0. The van der Waals surface area contributed by atoms with Gasteiger partial charge in [0.25, 0.3) is 0 Å². The summed E-state index contributed by atoms with van der Waals surface area (Å²) >= 11 is -0.201. The molecule has 1 atom stereocenters. The molecule has 5 heteroatoms. The van der Waals surface area contributed by atoms with E-state index in [1.165, 1.54) is 6.92 Å². The minimum absolute atomic E-state index is 0.193. The van der Waals surface area contributed by atoms with Crippen molar-refractivity contribution in [3.8, 4) is 0 Å². The molecule has 2 rings (SSSR count). The molecule has 132 valence electrons. The van der Waals surface area contributed by atoms with E-state index in [-0.39, 0.29) is 25.6 Å². The van der Waals surface area contributed by atoms with Crippen molar-refractivity contribution in [1.82, 2.24) is 0 Å². The summed E-state index contributed by atoms with van der Waals surface area (Å²) < 4.78 is 12.2. The molecule has 0 saturated carbocycles. The molecule has 0 aliphatic rings. The van der Waals surface area contributed by atoms with Crippen LogP contribution in [0.3, 0.4) is 0 Å². The average molecular weight is 405 g/mol. The number of carbonyl (C=O) groups is 2. The molecule has 25 heavy (non-hydrogen) atoms. The van der Waals surface area contributed by atoms with Gasteiger partial charge >= 0.3 is 154 Å². The second-order valence-corrected chi connectivity index (χ2v) is 7.93. The number of benzene rings is 2. The van der Waals surface area contributed by atoms with Crippen LogP contribution in [0.4, 0.5) is 0 Å². The van der Waals surface area contributed by atoms with Crippen LogP contribution in [0, 0.1) is 0 Å². The average Bonchev–Trinajstić information content (AvgIpc) is 2.61. The summed E-state index contributed by atoms with van der Waals surface area (Å²) in [6.07, 6.45) is 0.486. The molecular formula is C20H22O4Se. The quantitative estimate of drug-likeness (QED) is 0.450. The first-order valence-corrected chi connectivity index (χ1v) is 9.89. The van der Waals surface area contributed by atoms with Crippen LogP contribution in [0.25, 0.3) is 0 Å². The normalized spacial score (nSPS) is 11.7. The van der Waals surface area contributed by atoms with Gasteiger partial charge in [-0.3, -0.25) is 0 Å². The first-order chi connectivity index (χ1) is 12.1. The van der Waals surface area contributed by atoms with Gasteiger partial charge in [0.05, 0.1) is 0 Å². The van der Waals surface area contributed by atoms with E-state index in [2.05, 4.69) is 0 Å². The van der Waals surface area contributed by atoms with Gasteiger partial charge in [-0.15, -0.1) is 0 Å². The number of hydrogen-bond donors (Lipinski definition) is 0. The molecule has 4 nitrogen and oxygen atoms in total. The second-order valence-electron chi connectivity index (χ2n) is 5.56. The van der Waals surface area contributed by atoms with Gasteiger partial charge in [0, 0.05) is 0 Å². The zero-order chi connectivity index (χ0) is 17.9. The predicted molar refractivity (Wildman–Crippen MR) is 97.7 cm³/mol. The molecule has 0 aliphatic carbocycles. The van der Waals surface area contributed by atoms with Gasteiger partial charge in [-0.05, 0) is 0 Å². The fourth-order valence-corrected chi connectivity index (χ4v) is 3.87. The fraction of sp³-hybridized carbons (Fsp3) is 0.300. The summed E-state index contributed by atoms with van der Waals surface area (Å²) in [4.78, 5) is 23.4. The van der Waals surface area contributed by atoms with Crippen LogP contribution in [0.5, 0.6) is 0 Å². The maximum atomic E-state index is 12.1. The van der Waals surface area contributed by atoms with Crippen LogP contribution in [-0.4, -0.2) is 38.3 Å². The van der Waals surface area contributed by atoms with E-state index in [0.29, 0.717) is 26.1 Å². The fourth-order valence-electron chi connectivity index (χ4n) is 2.24. The number of hydrogen-bond acceptors (Lipinski definition) is 4. The molecule has 0 aromatic heterocycles. The zero-order valence-electron chi connectivity index (χ0n) is 14.2. The van der Waals surface area contributed by atoms with Crippen LogP contribution in [0.15, 0.2) is 60.7 Å². The predicted octanol–water partition coefficient (Wildman–Crippen LogP) is 2.47. The standard InChI is InChI=1S/C20H22O4Se/c1-16(21)24-18(15-23-14-17-8-4-2-5-9-17)12-13-20(22)25-19-10-6-3-7-11-19/h2-11,18H,12-15H2,1H3/t18-/m0/s1. The molecular weight excluding hydrogens is 383 g/mol. The van der Waals surface area contributed by atoms with Crippen molar-refractivity contribution in [1.29, 1.82) is 0 Å². The first-order valence-electron chi connectivity index (χ1n) is 8.18. The third-order valence-corrected chi connectivity index (χ3v) is 5.36.